The van der Waals surface area contributed by atoms with Gasteiger partial charge in [-0.2, -0.15) is 0 Å². The zero-order chi connectivity index (χ0) is 22.4. The fourth-order valence-corrected chi connectivity index (χ4v) is 4.06. The van der Waals surface area contributed by atoms with Crippen molar-refractivity contribution < 1.29 is 22.7 Å². The Morgan fingerprint density at radius 1 is 0.935 bits per heavy atom. The summed E-state index contributed by atoms with van der Waals surface area (Å²) in [6.45, 7) is -0.241. The molecule has 0 saturated heterocycles. The van der Waals surface area contributed by atoms with Crippen LogP contribution in [-0.4, -0.2) is 28.0 Å². The topological polar surface area (TPSA) is 93.7 Å². The minimum absolute atomic E-state index is 0.00758. The Morgan fingerprint density at radius 3 is 2.29 bits per heavy atom. The fourth-order valence-electron chi connectivity index (χ4n) is 2.58. The average molecular weight is 481 g/mol. The molecule has 0 unspecified atom stereocenters. The van der Waals surface area contributed by atoms with E-state index < -0.39 is 15.9 Å². The number of nitrogens with one attached hydrogen (secondary N) is 2. The number of hydrogen-bond donors (Lipinski definition) is 2. The Labute approximate surface area is 189 Å². The molecule has 0 spiro atoms. The molecule has 1 amide bonds. The smallest absolute Gasteiger partial charge is 0.262 e. The zero-order valence-corrected chi connectivity index (χ0v) is 18.6. The largest absolute Gasteiger partial charge is 0.493 e. The molecule has 7 nitrogen and oxygen atoms in total. The third-order valence-electron chi connectivity index (χ3n) is 4.07. The molecule has 0 aliphatic rings. The minimum Gasteiger partial charge on any atom is -0.493 e. The lowest BCUT2D eigenvalue weighted by Gasteiger charge is -2.12. The van der Waals surface area contributed by atoms with E-state index >= 15 is 0 Å². The lowest BCUT2D eigenvalue weighted by atomic mass is 10.3. The number of carbonyl (C=O) groups is 1. The number of halogens is 2. The van der Waals surface area contributed by atoms with E-state index in [1.165, 1.54) is 37.4 Å². The second-order valence-electron chi connectivity index (χ2n) is 6.22. The van der Waals surface area contributed by atoms with Crippen molar-refractivity contribution in [3.8, 4) is 11.5 Å². The van der Waals surface area contributed by atoms with Crippen LogP contribution in [0.2, 0.25) is 10.0 Å². The van der Waals surface area contributed by atoms with Gasteiger partial charge in [0.2, 0.25) is 0 Å². The second kappa shape index (κ2) is 9.91. The highest BCUT2D eigenvalue weighted by molar-refractivity contribution is 7.92. The van der Waals surface area contributed by atoms with Crippen molar-refractivity contribution in [2.75, 3.05) is 23.8 Å². The Kier molecular flexibility index (Phi) is 7.27. The van der Waals surface area contributed by atoms with E-state index in [-0.39, 0.29) is 27.2 Å². The quantitative estimate of drug-likeness (QED) is 0.481. The number of anilines is 2. The van der Waals surface area contributed by atoms with Gasteiger partial charge in [-0.1, -0.05) is 41.4 Å². The number of benzene rings is 3. The fraction of sp³-hybridized carbons (Fsp3) is 0.0952. The van der Waals surface area contributed by atoms with Crippen molar-refractivity contribution in [1.82, 2.24) is 0 Å². The van der Waals surface area contributed by atoms with E-state index in [0.717, 1.165) is 0 Å². The molecule has 3 aromatic carbocycles. The van der Waals surface area contributed by atoms with Crippen LogP contribution in [0.4, 0.5) is 11.4 Å². The number of amides is 1. The van der Waals surface area contributed by atoms with Crippen molar-refractivity contribution in [3.05, 3.63) is 76.8 Å². The van der Waals surface area contributed by atoms with Crippen LogP contribution < -0.4 is 19.5 Å². The van der Waals surface area contributed by atoms with Gasteiger partial charge in [0.15, 0.2) is 18.1 Å². The maximum atomic E-state index is 12.6. The second-order valence-corrected chi connectivity index (χ2v) is 8.69. The van der Waals surface area contributed by atoms with Crippen molar-refractivity contribution >= 4 is 50.5 Å². The molecule has 0 atom stereocenters. The number of carbonyl (C=O) groups excluding carboxylic acids is 1. The van der Waals surface area contributed by atoms with E-state index in [1.807, 2.05) is 0 Å². The highest BCUT2D eigenvalue weighted by Crippen LogP contribution is 2.31. The normalized spacial score (nSPS) is 10.9. The summed E-state index contributed by atoms with van der Waals surface area (Å²) in [6, 6.07) is 17.2. The van der Waals surface area contributed by atoms with Gasteiger partial charge in [-0.15, -0.1) is 0 Å². The Bertz CT molecular complexity index is 1180. The van der Waals surface area contributed by atoms with Gasteiger partial charge in [-0.05, 0) is 48.5 Å². The number of ether oxygens (including phenoxy) is 2. The molecule has 10 heteroatoms. The van der Waals surface area contributed by atoms with E-state index in [1.54, 1.807) is 36.4 Å². The number of methoxy groups -OCH3 is 1. The molecular formula is C21H18Cl2N2O5S. The molecule has 3 aromatic rings. The summed E-state index contributed by atoms with van der Waals surface area (Å²) in [5.74, 6) is 0.537. The van der Waals surface area contributed by atoms with Gasteiger partial charge in [0.05, 0.1) is 27.7 Å². The Hall–Kier alpha value is -2.94. The van der Waals surface area contributed by atoms with Crippen molar-refractivity contribution in [3.63, 3.8) is 0 Å². The first-order valence-electron chi connectivity index (χ1n) is 8.93. The SMILES string of the molecule is COc1ccccc1OCC(=O)Nc1ccc(S(=O)(=O)Nc2cccc(Cl)c2Cl)cc1. The van der Waals surface area contributed by atoms with Crippen LogP contribution in [0.3, 0.4) is 0 Å². The first kappa shape index (κ1) is 22.7. The van der Waals surface area contributed by atoms with Crippen LogP contribution >= 0.6 is 23.2 Å². The molecule has 0 bridgehead atoms. The molecule has 0 saturated carbocycles. The summed E-state index contributed by atoms with van der Waals surface area (Å²) in [5.41, 5.74) is 0.577. The van der Waals surface area contributed by atoms with Gasteiger partial charge in [0.25, 0.3) is 15.9 Å². The number of para-hydroxylation sites is 2. The molecule has 0 radical (unpaired) electrons. The molecule has 0 fully saturated rings. The number of hydrogen-bond acceptors (Lipinski definition) is 5. The van der Waals surface area contributed by atoms with Gasteiger partial charge in [-0.3, -0.25) is 9.52 Å². The molecular weight excluding hydrogens is 463 g/mol. The maximum absolute atomic E-state index is 12.6. The molecule has 31 heavy (non-hydrogen) atoms. The standard InChI is InChI=1S/C21H18Cl2N2O5S/c1-29-18-7-2-3-8-19(18)30-13-20(26)24-14-9-11-15(12-10-14)31(27,28)25-17-6-4-5-16(22)21(17)23/h2-12,25H,13H2,1H3,(H,24,26). The van der Waals surface area contributed by atoms with Gasteiger partial charge >= 0.3 is 0 Å². The molecule has 0 aromatic heterocycles. The van der Waals surface area contributed by atoms with Crippen molar-refractivity contribution in [2.24, 2.45) is 0 Å². The van der Waals surface area contributed by atoms with Crippen LogP contribution in [0.1, 0.15) is 0 Å². The maximum Gasteiger partial charge on any atom is 0.262 e. The Balaban J connectivity index is 1.62. The molecule has 3 rings (SSSR count). The van der Waals surface area contributed by atoms with E-state index in [9.17, 15) is 13.2 Å². The molecule has 0 aliphatic heterocycles. The van der Waals surface area contributed by atoms with E-state index in [4.69, 9.17) is 32.7 Å². The zero-order valence-electron chi connectivity index (χ0n) is 16.3. The van der Waals surface area contributed by atoms with E-state index in [2.05, 4.69) is 10.0 Å². The molecule has 0 aliphatic carbocycles. The predicted molar refractivity (Wildman–Crippen MR) is 121 cm³/mol. The molecule has 162 valence electrons. The number of sulfonamides is 1. The van der Waals surface area contributed by atoms with Gasteiger partial charge in [0.1, 0.15) is 0 Å². The number of rotatable bonds is 8. The highest BCUT2D eigenvalue weighted by Gasteiger charge is 2.17. The highest BCUT2D eigenvalue weighted by atomic mass is 35.5. The van der Waals surface area contributed by atoms with Gasteiger partial charge < -0.3 is 14.8 Å². The van der Waals surface area contributed by atoms with Crippen LogP contribution in [0, 0.1) is 0 Å². The minimum atomic E-state index is -3.90. The predicted octanol–water partition coefficient (Wildman–Crippen LogP) is 4.82. The van der Waals surface area contributed by atoms with Gasteiger partial charge in [0, 0.05) is 5.69 Å². The molecule has 2 N–H and O–H groups in total. The first-order valence-corrected chi connectivity index (χ1v) is 11.2. The van der Waals surface area contributed by atoms with Gasteiger partial charge in [-0.25, -0.2) is 8.42 Å². The summed E-state index contributed by atoms with van der Waals surface area (Å²) in [4.78, 5) is 12.1. The van der Waals surface area contributed by atoms with E-state index in [0.29, 0.717) is 17.2 Å². The molecule has 0 heterocycles. The van der Waals surface area contributed by atoms with Crippen LogP contribution in [0.15, 0.2) is 71.6 Å². The summed E-state index contributed by atoms with van der Waals surface area (Å²) >= 11 is 12.0. The first-order chi connectivity index (χ1) is 14.8. The third kappa shape index (κ3) is 5.81. The summed E-state index contributed by atoms with van der Waals surface area (Å²) < 4.78 is 38.2. The van der Waals surface area contributed by atoms with Crippen LogP contribution in [0.5, 0.6) is 11.5 Å². The Morgan fingerprint density at radius 2 is 1.61 bits per heavy atom. The lowest BCUT2D eigenvalue weighted by Crippen LogP contribution is -2.20. The summed E-state index contributed by atoms with van der Waals surface area (Å²) in [5, 5.41) is 2.97. The summed E-state index contributed by atoms with van der Waals surface area (Å²) in [6.07, 6.45) is 0. The third-order valence-corrected chi connectivity index (χ3v) is 6.27. The monoisotopic (exact) mass is 480 g/mol. The van der Waals surface area contributed by atoms with Crippen LogP contribution in [-0.2, 0) is 14.8 Å². The van der Waals surface area contributed by atoms with Crippen molar-refractivity contribution in [2.45, 2.75) is 4.90 Å². The van der Waals surface area contributed by atoms with Crippen LogP contribution in [0.25, 0.3) is 0 Å². The summed E-state index contributed by atoms with van der Waals surface area (Å²) in [7, 11) is -2.39. The lowest BCUT2D eigenvalue weighted by molar-refractivity contribution is -0.118. The average Bonchev–Trinajstić information content (AvgIpc) is 2.76. The van der Waals surface area contributed by atoms with Crippen molar-refractivity contribution in [1.29, 1.82) is 0 Å².